The Kier molecular flexibility index (Phi) is 16.0. The summed E-state index contributed by atoms with van der Waals surface area (Å²) < 4.78 is 1.60. The van der Waals surface area contributed by atoms with Gasteiger partial charge in [-0.3, -0.25) is 6.08 Å². The molecule has 1 unspecified atom stereocenters. The van der Waals surface area contributed by atoms with E-state index in [0.717, 1.165) is 19.3 Å². The SMILES string of the molecule is CC(C)(C)c1c[c-]c2c(c1)-c1cc(C(C)(C)C)ccc1C2.CC1[C-]=CC(C(C)(C)C)=C1.[Cl-].[Cl-].[Zr+2]=[C](Cc1ccccc1)Cc1ccccc1. The number of halogens is 2. The molecule has 0 aliphatic heterocycles. The Balaban J connectivity index is 0.000000265. The van der Waals surface area contributed by atoms with Gasteiger partial charge in [0.2, 0.25) is 0 Å². The zero-order valence-electron chi connectivity index (χ0n) is 31.3. The number of hydrogen-bond donors (Lipinski definition) is 0. The van der Waals surface area contributed by atoms with E-state index < -0.39 is 0 Å². The molecule has 1 atom stereocenters. The standard InChI is InChI=1S/C21H25.C15H14.C10H15.2ClH.Zr/c1-20(2,3)16-9-7-14-11-15-8-10-17(21(4,5)6)13-19(15)18(14)12-16;1-3-8-14(9-4-1)12-7-13-15-10-5-2-6-11-15;1-8-5-6-9(7-8)10(2,3)4;;;/h7,9-10,12-13H,11H2,1-6H3;1-6,8-11H,12-13H2;6-8H,1-4H3;2*1H;/q-1;;-1;;;+2/p-2. The second kappa shape index (κ2) is 18.3. The average molecular weight is 769 g/mol. The fraction of sp³-hybridized carbons (Fsp3) is 0.370. The average Bonchev–Trinajstić information content (AvgIpc) is 3.61. The summed E-state index contributed by atoms with van der Waals surface area (Å²) in [5.74, 6) is 0.522. The van der Waals surface area contributed by atoms with Crippen LogP contribution in [0.25, 0.3) is 11.1 Å². The predicted octanol–water partition coefficient (Wildman–Crippen LogP) is 5.82. The molecule has 0 heterocycles. The Labute approximate surface area is 326 Å². The van der Waals surface area contributed by atoms with Crippen LogP contribution in [0.1, 0.15) is 103 Å². The van der Waals surface area contributed by atoms with Crippen LogP contribution in [-0.2, 0) is 54.3 Å². The van der Waals surface area contributed by atoms with Crippen molar-refractivity contribution in [3.63, 3.8) is 0 Å². The Morgan fingerprint density at radius 3 is 1.61 bits per heavy atom. The zero-order valence-corrected chi connectivity index (χ0v) is 35.2. The van der Waals surface area contributed by atoms with Crippen LogP contribution in [0.15, 0.2) is 109 Å². The van der Waals surface area contributed by atoms with E-state index in [1.807, 2.05) is 0 Å². The topological polar surface area (TPSA) is 0 Å². The minimum atomic E-state index is 0. The number of fused-ring (bicyclic) bond motifs is 3. The molecule has 0 spiro atoms. The number of benzene rings is 4. The summed E-state index contributed by atoms with van der Waals surface area (Å²) in [5.41, 5.74) is 13.3. The van der Waals surface area contributed by atoms with E-state index >= 15 is 0 Å². The molecule has 2 aliphatic rings. The van der Waals surface area contributed by atoms with Crippen molar-refractivity contribution in [2.24, 2.45) is 11.3 Å². The van der Waals surface area contributed by atoms with Crippen LogP contribution in [0.4, 0.5) is 0 Å². The van der Waals surface area contributed by atoms with Crippen molar-refractivity contribution in [3.8, 4) is 11.1 Å². The van der Waals surface area contributed by atoms with Crippen molar-refractivity contribution in [1.29, 1.82) is 0 Å². The van der Waals surface area contributed by atoms with Crippen molar-refractivity contribution >= 4 is 3.21 Å². The Hall–Kier alpha value is -2.31. The third-order valence-corrected chi connectivity index (χ3v) is 9.71. The zero-order chi connectivity index (χ0) is 34.4. The number of allylic oxidation sites excluding steroid dienone is 4. The van der Waals surface area contributed by atoms with E-state index in [2.05, 4.69) is 185 Å². The molecule has 0 amide bonds. The molecule has 3 heteroatoms. The van der Waals surface area contributed by atoms with E-state index in [-0.39, 0.29) is 35.6 Å². The van der Waals surface area contributed by atoms with Gasteiger partial charge < -0.3 is 24.8 Å². The summed E-state index contributed by atoms with van der Waals surface area (Å²) in [5, 5.41) is 0. The third kappa shape index (κ3) is 12.8. The van der Waals surface area contributed by atoms with E-state index in [9.17, 15) is 0 Å². The molecule has 0 radical (unpaired) electrons. The molecule has 0 nitrogen and oxygen atoms in total. The van der Waals surface area contributed by atoms with Crippen molar-refractivity contribution in [2.75, 3.05) is 0 Å². The van der Waals surface area contributed by atoms with Gasteiger partial charge in [-0.05, 0) is 17.4 Å². The first kappa shape index (κ1) is 42.9. The van der Waals surface area contributed by atoms with Crippen LogP contribution in [0.5, 0.6) is 0 Å². The first-order chi connectivity index (χ1) is 22.0. The fourth-order valence-electron chi connectivity index (χ4n) is 5.79. The van der Waals surface area contributed by atoms with Crippen LogP contribution in [0.3, 0.4) is 0 Å². The predicted molar refractivity (Wildman–Crippen MR) is 201 cm³/mol. The van der Waals surface area contributed by atoms with Crippen LogP contribution in [0, 0.1) is 23.5 Å². The molecule has 0 saturated carbocycles. The second-order valence-corrected chi connectivity index (χ2v) is 18.0. The van der Waals surface area contributed by atoms with Gasteiger partial charge in [0.25, 0.3) is 0 Å². The van der Waals surface area contributed by atoms with Gasteiger partial charge in [-0.2, -0.15) is 41.0 Å². The number of hydrogen-bond acceptors (Lipinski definition) is 0. The first-order valence-electron chi connectivity index (χ1n) is 17.2. The molecule has 6 rings (SSSR count). The van der Waals surface area contributed by atoms with Crippen molar-refractivity contribution < 1.29 is 49.0 Å². The van der Waals surface area contributed by atoms with E-state index in [1.54, 1.807) is 27.4 Å². The Bertz CT molecular complexity index is 1600. The Morgan fingerprint density at radius 2 is 1.18 bits per heavy atom. The molecule has 0 saturated heterocycles. The van der Waals surface area contributed by atoms with Gasteiger partial charge in [0.1, 0.15) is 0 Å². The van der Waals surface area contributed by atoms with Gasteiger partial charge >= 0.3 is 112 Å². The molecule has 4 aromatic rings. The third-order valence-electron chi connectivity index (χ3n) is 8.84. The quantitative estimate of drug-likeness (QED) is 0.203. The van der Waals surface area contributed by atoms with Crippen LogP contribution in [-0.4, -0.2) is 3.21 Å². The summed E-state index contributed by atoms with van der Waals surface area (Å²) in [6, 6.07) is 36.5. The maximum atomic E-state index is 3.53. The van der Waals surface area contributed by atoms with Crippen LogP contribution >= 0.6 is 0 Å². The van der Waals surface area contributed by atoms with Gasteiger partial charge in [-0.1, -0.05) is 115 Å². The summed E-state index contributed by atoms with van der Waals surface area (Å²) in [7, 11) is 0. The summed E-state index contributed by atoms with van der Waals surface area (Å²) in [6.45, 7) is 22.5. The van der Waals surface area contributed by atoms with Gasteiger partial charge in [-0.15, -0.1) is 5.56 Å². The molecule has 2 aliphatic carbocycles. The molecular formula is C46H54Cl2Zr-2. The molecule has 258 valence electrons. The van der Waals surface area contributed by atoms with Gasteiger partial charge in [0, 0.05) is 0 Å². The normalized spacial score (nSPS) is 14.4. The van der Waals surface area contributed by atoms with Crippen molar-refractivity contribution in [1.82, 2.24) is 0 Å². The van der Waals surface area contributed by atoms with Gasteiger partial charge in [-0.25, -0.2) is 6.08 Å². The summed E-state index contributed by atoms with van der Waals surface area (Å²) >= 11 is 1.55. The first-order valence-corrected chi connectivity index (χ1v) is 18.4. The molecular weight excluding hydrogens is 715 g/mol. The molecule has 0 fully saturated rings. The van der Waals surface area contributed by atoms with Crippen molar-refractivity contribution in [2.45, 2.75) is 99.3 Å². The summed E-state index contributed by atoms with van der Waals surface area (Å²) in [6.07, 6.45) is 10.9. The van der Waals surface area contributed by atoms with Crippen LogP contribution in [0.2, 0.25) is 0 Å². The maximum absolute atomic E-state index is 3.53. The van der Waals surface area contributed by atoms with Crippen molar-refractivity contribution in [3.05, 3.63) is 154 Å². The monoisotopic (exact) mass is 766 g/mol. The van der Waals surface area contributed by atoms with Crippen LogP contribution < -0.4 is 24.8 Å². The molecule has 0 bridgehead atoms. The van der Waals surface area contributed by atoms with E-state index in [4.69, 9.17) is 0 Å². The fourth-order valence-corrected chi connectivity index (χ4v) is 6.79. The summed E-state index contributed by atoms with van der Waals surface area (Å²) in [4.78, 5) is 0. The van der Waals surface area contributed by atoms with Gasteiger partial charge in [0.15, 0.2) is 0 Å². The molecule has 0 aromatic heterocycles. The van der Waals surface area contributed by atoms with E-state index in [0.29, 0.717) is 11.3 Å². The molecule has 49 heavy (non-hydrogen) atoms. The molecule has 0 N–H and O–H groups in total. The second-order valence-electron chi connectivity index (χ2n) is 16.2. The van der Waals surface area contributed by atoms with Gasteiger partial charge in [0.05, 0.1) is 0 Å². The molecule has 4 aromatic carbocycles. The Morgan fingerprint density at radius 1 is 0.673 bits per heavy atom. The minimum absolute atomic E-state index is 0. The number of rotatable bonds is 4. The van der Waals surface area contributed by atoms with E-state index in [1.165, 1.54) is 50.1 Å².